The molecule has 0 radical (unpaired) electrons. The van der Waals surface area contributed by atoms with E-state index < -0.39 is 30.4 Å². The third-order valence-corrected chi connectivity index (χ3v) is 4.30. The fourth-order valence-electron chi connectivity index (χ4n) is 2.80. The summed E-state index contributed by atoms with van der Waals surface area (Å²) >= 11 is 0. The van der Waals surface area contributed by atoms with E-state index in [1.165, 1.54) is 37.4 Å². The molecular formula is C19H16F2N2O4. The number of fused-ring (bicyclic) bond motifs is 1. The van der Waals surface area contributed by atoms with Crippen molar-refractivity contribution < 1.29 is 27.9 Å². The number of benzene rings is 2. The summed E-state index contributed by atoms with van der Waals surface area (Å²) < 4.78 is 28.7. The fourth-order valence-corrected chi connectivity index (χ4v) is 2.80. The van der Waals surface area contributed by atoms with Gasteiger partial charge in [0, 0.05) is 12.6 Å². The van der Waals surface area contributed by atoms with E-state index >= 15 is 0 Å². The number of rotatable bonds is 5. The SMILES string of the molecule is CC(NC(=O)c1ccc2c(c1)C(=O)N(C)C2=O)c1ccc(OC(F)F)cc1. The summed E-state index contributed by atoms with van der Waals surface area (Å²) in [5, 5.41) is 2.76. The average Bonchev–Trinajstić information content (AvgIpc) is 2.85. The Hall–Kier alpha value is -3.29. The van der Waals surface area contributed by atoms with Crippen LogP contribution < -0.4 is 10.1 Å². The normalized spacial score (nSPS) is 14.3. The van der Waals surface area contributed by atoms with E-state index in [1.54, 1.807) is 19.1 Å². The summed E-state index contributed by atoms with van der Waals surface area (Å²) in [4.78, 5) is 37.4. The van der Waals surface area contributed by atoms with E-state index in [-0.39, 0.29) is 22.4 Å². The molecule has 0 bridgehead atoms. The van der Waals surface area contributed by atoms with Crippen LogP contribution in [0.25, 0.3) is 0 Å². The first-order chi connectivity index (χ1) is 12.8. The number of carbonyl (C=O) groups excluding carboxylic acids is 3. The second-order valence-electron chi connectivity index (χ2n) is 6.07. The van der Waals surface area contributed by atoms with Crippen molar-refractivity contribution in [1.29, 1.82) is 0 Å². The van der Waals surface area contributed by atoms with Crippen LogP contribution in [-0.2, 0) is 0 Å². The number of imide groups is 1. The van der Waals surface area contributed by atoms with Gasteiger partial charge in [-0.3, -0.25) is 19.3 Å². The Morgan fingerprint density at radius 3 is 2.30 bits per heavy atom. The van der Waals surface area contributed by atoms with Crippen LogP contribution in [0.1, 0.15) is 49.6 Å². The van der Waals surface area contributed by atoms with E-state index in [1.807, 2.05) is 0 Å². The molecule has 0 spiro atoms. The highest BCUT2D eigenvalue weighted by Gasteiger charge is 2.33. The predicted molar refractivity (Wildman–Crippen MR) is 91.8 cm³/mol. The molecule has 1 aliphatic heterocycles. The van der Waals surface area contributed by atoms with Crippen LogP contribution in [0.2, 0.25) is 0 Å². The molecule has 3 amide bonds. The van der Waals surface area contributed by atoms with Gasteiger partial charge < -0.3 is 10.1 Å². The van der Waals surface area contributed by atoms with E-state index in [9.17, 15) is 23.2 Å². The van der Waals surface area contributed by atoms with Crippen molar-refractivity contribution in [2.75, 3.05) is 7.05 Å². The van der Waals surface area contributed by atoms with Crippen LogP contribution in [0.4, 0.5) is 8.78 Å². The molecular weight excluding hydrogens is 358 g/mol. The first-order valence-electron chi connectivity index (χ1n) is 8.10. The lowest BCUT2D eigenvalue weighted by molar-refractivity contribution is -0.0498. The third kappa shape index (κ3) is 3.64. The lowest BCUT2D eigenvalue weighted by Gasteiger charge is -2.15. The average molecular weight is 374 g/mol. The van der Waals surface area contributed by atoms with Gasteiger partial charge >= 0.3 is 6.61 Å². The van der Waals surface area contributed by atoms with Crippen LogP contribution >= 0.6 is 0 Å². The zero-order valence-corrected chi connectivity index (χ0v) is 14.5. The molecule has 1 atom stereocenters. The molecule has 0 aliphatic carbocycles. The summed E-state index contributed by atoms with van der Waals surface area (Å²) in [5.74, 6) is -1.25. The number of hydrogen-bond donors (Lipinski definition) is 1. The van der Waals surface area contributed by atoms with Crippen LogP contribution in [-0.4, -0.2) is 36.3 Å². The zero-order valence-electron chi connectivity index (χ0n) is 14.5. The Kier molecular flexibility index (Phi) is 4.89. The van der Waals surface area contributed by atoms with Gasteiger partial charge in [-0.25, -0.2) is 0 Å². The molecule has 3 rings (SSSR count). The summed E-state index contributed by atoms with van der Waals surface area (Å²) in [6.07, 6.45) is 0. The lowest BCUT2D eigenvalue weighted by atomic mass is 10.0. The summed E-state index contributed by atoms with van der Waals surface area (Å²) in [6, 6.07) is 9.83. The number of halogens is 2. The van der Waals surface area contributed by atoms with Crippen molar-refractivity contribution in [1.82, 2.24) is 10.2 Å². The molecule has 1 N–H and O–H groups in total. The summed E-state index contributed by atoms with van der Waals surface area (Å²) in [5.41, 5.74) is 1.39. The monoisotopic (exact) mass is 374 g/mol. The Morgan fingerprint density at radius 1 is 1.04 bits per heavy atom. The van der Waals surface area contributed by atoms with Crippen molar-refractivity contribution >= 4 is 17.7 Å². The predicted octanol–water partition coefficient (Wildman–Crippen LogP) is 3.00. The topological polar surface area (TPSA) is 75.7 Å². The lowest BCUT2D eigenvalue weighted by Crippen LogP contribution is -2.27. The molecule has 1 heterocycles. The third-order valence-electron chi connectivity index (χ3n) is 4.30. The van der Waals surface area contributed by atoms with Gasteiger partial charge in [-0.2, -0.15) is 8.78 Å². The molecule has 8 heteroatoms. The van der Waals surface area contributed by atoms with E-state index in [0.29, 0.717) is 5.56 Å². The quantitative estimate of drug-likeness (QED) is 0.817. The fraction of sp³-hybridized carbons (Fsp3) is 0.211. The first kappa shape index (κ1) is 18.5. The minimum atomic E-state index is -2.90. The van der Waals surface area contributed by atoms with Crippen LogP contribution in [0.3, 0.4) is 0 Å². The molecule has 1 unspecified atom stereocenters. The van der Waals surface area contributed by atoms with Gasteiger partial charge in [0.25, 0.3) is 17.7 Å². The number of ether oxygens (including phenoxy) is 1. The van der Waals surface area contributed by atoms with E-state index in [0.717, 1.165) is 4.90 Å². The molecule has 0 saturated heterocycles. The highest BCUT2D eigenvalue weighted by molar-refractivity contribution is 6.21. The van der Waals surface area contributed by atoms with E-state index in [4.69, 9.17) is 0 Å². The Morgan fingerprint density at radius 2 is 1.67 bits per heavy atom. The molecule has 27 heavy (non-hydrogen) atoms. The maximum Gasteiger partial charge on any atom is 0.387 e. The van der Waals surface area contributed by atoms with Crippen molar-refractivity contribution in [3.8, 4) is 5.75 Å². The number of amides is 3. The maximum absolute atomic E-state index is 12.5. The van der Waals surface area contributed by atoms with Gasteiger partial charge in [-0.15, -0.1) is 0 Å². The Labute approximate surface area is 153 Å². The van der Waals surface area contributed by atoms with Gasteiger partial charge in [0.05, 0.1) is 17.2 Å². The van der Waals surface area contributed by atoms with Crippen molar-refractivity contribution in [2.45, 2.75) is 19.6 Å². The number of nitrogens with one attached hydrogen (secondary N) is 1. The smallest absolute Gasteiger partial charge is 0.387 e. The number of nitrogens with zero attached hydrogens (tertiary/aromatic N) is 1. The standard InChI is InChI=1S/C19H16F2N2O4/c1-10(11-3-6-13(7-4-11)27-19(20)21)22-16(24)12-5-8-14-15(9-12)18(26)23(2)17(14)25/h3-10,19H,1-2H3,(H,22,24). The Balaban J connectivity index is 1.72. The molecule has 2 aromatic rings. The van der Waals surface area contributed by atoms with Gasteiger partial charge in [-0.1, -0.05) is 12.1 Å². The number of carbonyl (C=O) groups is 3. The van der Waals surface area contributed by atoms with Crippen molar-refractivity contribution in [3.63, 3.8) is 0 Å². The van der Waals surface area contributed by atoms with Crippen molar-refractivity contribution in [2.24, 2.45) is 0 Å². The summed E-state index contributed by atoms with van der Waals surface area (Å²) in [7, 11) is 1.38. The molecule has 6 nitrogen and oxygen atoms in total. The number of hydrogen-bond acceptors (Lipinski definition) is 4. The second kappa shape index (κ2) is 7.14. The molecule has 0 aromatic heterocycles. The highest BCUT2D eigenvalue weighted by Crippen LogP contribution is 2.24. The van der Waals surface area contributed by atoms with Gasteiger partial charge in [0.1, 0.15) is 5.75 Å². The molecule has 2 aromatic carbocycles. The zero-order chi connectivity index (χ0) is 19.7. The highest BCUT2D eigenvalue weighted by atomic mass is 19.3. The van der Waals surface area contributed by atoms with Crippen LogP contribution in [0, 0.1) is 0 Å². The van der Waals surface area contributed by atoms with Gasteiger partial charge in [0.2, 0.25) is 0 Å². The molecule has 1 aliphatic rings. The van der Waals surface area contributed by atoms with Crippen molar-refractivity contribution in [3.05, 3.63) is 64.7 Å². The first-order valence-corrected chi connectivity index (χ1v) is 8.10. The van der Waals surface area contributed by atoms with Gasteiger partial charge in [-0.05, 0) is 42.8 Å². The molecule has 0 saturated carbocycles. The minimum Gasteiger partial charge on any atom is -0.435 e. The number of alkyl halides is 2. The molecule has 0 fully saturated rings. The van der Waals surface area contributed by atoms with Crippen LogP contribution in [0.5, 0.6) is 5.75 Å². The van der Waals surface area contributed by atoms with Crippen LogP contribution in [0.15, 0.2) is 42.5 Å². The minimum absolute atomic E-state index is 0.0261. The maximum atomic E-state index is 12.5. The Bertz CT molecular complexity index is 912. The largest absolute Gasteiger partial charge is 0.435 e. The van der Waals surface area contributed by atoms with Gasteiger partial charge in [0.15, 0.2) is 0 Å². The molecule has 140 valence electrons. The van der Waals surface area contributed by atoms with E-state index in [2.05, 4.69) is 10.1 Å². The second-order valence-corrected chi connectivity index (χ2v) is 6.07. The summed E-state index contributed by atoms with van der Waals surface area (Å²) in [6.45, 7) is -1.17.